The Labute approximate surface area is 104 Å². The van der Waals surface area contributed by atoms with Crippen molar-refractivity contribution >= 4 is 17.7 Å². The molecule has 0 aromatic carbocycles. The molecule has 0 N–H and O–H groups in total. The number of hydrogen-bond donors (Lipinski definition) is 0. The van der Waals surface area contributed by atoms with Gasteiger partial charge in [-0.3, -0.25) is 9.36 Å². The van der Waals surface area contributed by atoms with Gasteiger partial charge in [-0.2, -0.15) is 0 Å². The monoisotopic (exact) mass is 254 g/mol. The molecule has 1 aromatic rings. The van der Waals surface area contributed by atoms with E-state index in [2.05, 4.69) is 11.6 Å². The summed E-state index contributed by atoms with van der Waals surface area (Å²) in [6, 6.07) is 0. The lowest BCUT2D eigenvalue weighted by Crippen LogP contribution is -2.21. The highest BCUT2D eigenvalue weighted by atomic mass is 32.2. The van der Waals surface area contributed by atoms with Gasteiger partial charge in [0, 0.05) is 24.4 Å². The third kappa shape index (κ3) is 3.45. The Kier molecular flexibility index (Phi) is 4.51. The molecule has 0 aliphatic heterocycles. The molecule has 5 nitrogen and oxygen atoms in total. The summed E-state index contributed by atoms with van der Waals surface area (Å²) in [5.74, 6) is -0.343. The van der Waals surface area contributed by atoms with E-state index >= 15 is 0 Å². The number of rotatable bonds is 4. The highest BCUT2D eigenvalue weighted by Crippen LogP contribution is 2.13. The smallest absolute Gasteiger partial charge is 0.333 e. The fourth-order valence-electron chi connectivity index (χ4n) is 1.04. The number of nitrogens with zero attached hydrogens (tertiary/aromatic N) is 2. The molecule has 0 saturated heterocycles. The average molecular weight is 254 g/mol. The van der Waals surface area contributed by atoms with Crippen LogP contribution in [-0.2, 0) is 16.6 Å². The van der Waals surface area contributed by atoms with Crippen LogP contribution in [0.4, 0.5) is 0 Å². The highest BCUT2D eigenvalue weighted by molar-refractivity contribution is 7.99. The molecule has 0 amide bonds. The second-order valence-electron chi connectivity index (χ2n) is 3.56. The summed E-state index contributed by atoms with van der Waals surface area (Å²) in [5.41, 5.74) is 0.820. The van der Waals surface area contributed by atoms with E-state index in [1.165, 1.54) is 22.5 Å². The number of ether oxygens (including phenoxy) is 1. The number of esters is 1. The second kappa shape index (κ2) is 5.67. The standard InChI is InChI=1S/C11H14N2O3S/c1-7(2)10(15)16-6-17-11-12-5-8(3)9(14)13(11)4/h5H,1,6H2,2-4H3. The maximum Gasteiger partial charge on any atom is 0.333 e. The van der Waals surface area contributed by atoms with Crippen LogP contribution in [0.5, 0.6) is 0 Å². The first-order valence-corrected chi connectivity index (χ1v) is 5.90. The minimum absolute atomic E-state index is 0.103. The molecule has 0 unspecified atom stereocenters. The van der Waals surface area contributed by atoms with Crippen molar-refractivity contribution in [2.75, 3.05) is 5.94 Å². The number of aromatic nitrogens is 2. The molecular weight excluding hydrogens is 240 g/mol. The minimum Gasteiger partial charge on any atom is -0.451 e. The Hall–Kier alpha value is -1.56. The van der Waals surface area contributed by atoms with E-state index in [1.54, 1.807) is 20.9 Å². The zero-order valence-corrected chi connectivity index (χ0v) is 10.8. The first kappa shape index (κ1) is 13.5. The van der Waals surface area contributed by atoms with Crippen LogP contribution < -0.4 is 5.56 Å². The normalized spacial score (nSPS) is 10.1. The summed E-state index contributed by atoms with van der Waals surface area (Å²) in [5, 5.41) is 0.509. The van der Waals surface area contributed by atoms with Gasteiger partial charge in [0.2, 0.25) is 0 Å². The molecule has 17 heavy (non-hydrogen) atoms. The molecule has 0 spiro atoms. The molecule has 0 atom stereocenters. The SMILES string of the molecule is C=C(C)C(=O)OCSc1ncc(C)c(=O)n1C. The van der Waals surface area contributed by atoms with Crippen molar-refractivity contribution in [3.05, 3.63) is 34.3 Å². The molecule has 0 bridgehead atoms. The molecule has 92 valence electrons. The van der Waals surface area contributed by atoms with E-state index in [0.717, 1.165) is 0 Å². The maximum atomic E-state index is 11.6. The Morgan fingerprint density at radius 3 is 2.88 bits per heavy atom. The lowest BCUT2D eigenvalue weighted by atomic mass is 10.4. The minimum atomic E-state index is -0.449. The topological polar surface area (TPSA) is 61.2 Å². The van der Waals surface area contributed by atoms with Gasteiger partial charge in [-0.15, -0.1) is 0 Å². The number of carbonyl (C=O) groups is 1. The van der Waals surface area contributed by atoms with Crippen LogP contribution in [0.15, 0.2) is 28.3 Å². The summed E-state index contributed by atoms with van der Waals surface area (Å²) in [6.45, 7) is 6.74. The molecule has 1 aromatic heterocycles. The summed E-state index contributed by atoms with van der Waals surface area (Å²) >= 11 is 1.18. The van der Waals surface area contributed by atoms with Crippen molar-refractivity contribution in [2.45, 2.75) is 19.0 Å². The van der Waals surface area contributed by atoms with Crippen molar-refractivity contribution in [3.8, 4) is 0 Å². The van der Waals surface area contributed by atoms with Crippen LogP contribution in [-0.4, -0.2) is 21.5 Å². The predicted molar refractivity (Wildman–Crippen MR) is 65.8 cm³/mol. The van der Waals surface area contributed by atoms with Crippen molar-refractivity contribution in [3.63, 3.8) is 0 Å². The third-order valence-electron chi connectivity index (χ3n) is 2.02. The van der Waals surface area contributed by atoms with Gasteiger partial charge in [-0.1, -0.05) is 6.58 Å². The van der Waals surface area contributed by atoms with E-state index < -0.39 is 5.97 Å². The zero-order chi connectivity index (χ0) is 13.0. The van der Waals surface area contributed by atoms with Gasteiger partial charge < -0.3 is 4.74 Å². The molecular formula is C11H14N2O3S. The fraction of sp³-hybridized carbons (Fsp3) is 0.364. The Morgan fingerprint density at radius 1 is 1.65 bits per heavy atom. The molecule has 0 fully saturated rings. The van der Waals surface area contributed by atoms with Gasteiger partial charge >= 0.3 is 5.97 Å². The van der Waals surface area contributed by atoms with E-state index in [1.807, 2.05) is 0 Å². The predicted octanol–water partition coefficient (Wildman–Crippen LogP) is 1.26. The average Bonchev–Trinajstić information content (AvgIpc) is 2.28. The van der Waals surface area contributed by atoms with Crippen LogP contribution in [0.25, 0.3) is 0 Å². The molecule has 1 heterocycles. The van der Waals surface area contributed by atoms with Gasteiger partial charge in [0.25, 0.3) is 5.56 Å². The highest BCUT2D eigenvalue weighted by Gasteiger charge is 2.07. The van der Waals surface area contributed by atoms with Crippen molar-refractivity contribution in [1.29, 1.82) is 0 Å². The molecule has 0 aliphatic carbocycles. The third-order valence-corrected chi connectivity index (χ3v) is 2.90. The van der Waals surface area contributed by atoms with Gasteiger partial charge in [-0.25, -0.2) is 9.78 Å². The van der Waals surface area contributed by atoms with Gasteiger partial charge in [0.1, 0.15) is 5.94 Å². The summed E-state index contributed by atoms with van der Waals surface area (Å²) in [4.78, 5) is 26.8. The first-order chi connectivity index (χ1) is 7.93. The molecule has 0 aliphatic rings. The molecule has 1 rings (SSSR count). The van der Waals surface area contributed by atoms with Crippen molar-refractivity contribution in [1.82, 2.24) is 9.55 Å². The van der Waals surface area contributed by atoms with Gasteiger partial charge in [0.15, 0.2) is 5.16 Å². The van der Waals surface area contributed by atoms with Crippen LogP contribution in [0.1, 0.15) is 12.5 Å². The maximum absolute atomic E-state index is 11.6. The second-order valence-corrected chi connectivity index (χ2v) is 4.45. The number of aryl methyl sites for hydroxylation is 1. The number of thioether (sulfide) groups is 1. The van der Waals surface area contributed by atoms with E-state index in [-0.39, 0.29) is 11.5 Å². The Balaban J connectivity index is 2.65. The molecule has 0 radical (unpaired) electrons. The summed E-state index contributed by atoms with van der Waals surface area (Å²) in [7, 11) is 1.63. The quantitative estimate of drug-likeness (QED) is 0.266. The molecule has 0 saturated carbocycles. The van der Waals surface area contributed by atoms with Crippen LogP contribution in [0.3, 0.4) is 0 Å². The van der Waals surface area contributed by atoms with Gasteiger partial charge in [0.05, 0.1) is 0 Å². The van der Waals surface area contributed by atoms with Crippen LogP contribution >= 0.6 is 11.8 Å². The Bertz CT molecular complexity index is 508. The lowest BCUT2D eigenvalue weighted by molar-refractivity contribution is -0.136. The van der Waals surface area contributed by atoms with Crippen molar-refractivity contribution < 1.29 is 9.53 Å². The zero-order valence-electron chi connectivity index (χ0n) is 10.0. The Morgan fingerprint density at radius 2 is 2.29 bits per heavy atom. The first-order valence-electron chi connectivity index (χ1n) is 4.91. The van der Waals surface area contributed by atoms with Gasteiger partial charge in [-0.05, 0) is 25.6 Å². The van der Waals surface area contributed by atoms with Crippen LogP contribution in [0.2, 0.25) is 0 Å². The van der Waals surface area contributed by atoms with E-state index in [0.29, 0.717) is 16.3 Å². The number of hydrogen-bond acceptors (Lipinski definition) is 5. The van der Waals surface area contributed by atoms with Crippen molar-refractivity contribution in [2.24, 2.45) is 7.05 Å². The largest absolute Gasteiger partial charge is 0.451 e. The summed E-state index contributed by atoms with van der Waals surface area (Å²) < 4.78 is 6.33. The summed E-state index contributed by atoms with van der Waals surface area (Å²) in [6.07, 6.45) is 1.51. The lowest BCUT2D eigenvalue weighted by Gasteiger charge is -2.07. The van der Waals surface area contributed by atoms with E-state index in [9.17, 15) is 9.59 Å². The number of carbonyl (C=O) groups excluding carboxylic acids is 1. The van der Waals surface area contributed by atoms with Crippen LogP contribution in [0, 0.1) is 6.92 Å². The molecule has 6 heteroatoms. The fourth-order valence-corrected chi connectivity index (χ4v) is 1.71. The van der Waals surface area contributed by atoms with E-state index in [4.69, 9.17) is 4.74 Å².